The van der Waals surface area contributed by atoms with Gasteiger partial charge in [-0.15, -0.1) is 0 Å². The Morgan fingerprint density at radius 1 is 1.44 bits per heavy atom. The Labute approximate surface area is 103 Å². The van der Waals surface area contributed by atoms with Crippen molar-refractivity contribution in [3.05, 3.63) is 41.3 Å². The van der Waals surface area contributed by atoms with Crippen LogP contribution in [0.2, 0.25) is 0 Å². The summed E-state index contributed by atoms with van der Waals surface area (Å²) in [6, 6.07) is 5.05. The molecule has 1 heterocycles. The molecule has 0 radical (unpaired) electrons. The molecule has 1 aromatic heterocycles. The summed E-state index contributed by atoms with van der Waals surface area (Å²) in [5, 5.41) is 15.7. The molecule has 5 nitrogen and oxygen atoms in total. The van der Waals surface area contributed by atoms with Crippen LogP contribution in [0.4, 0.5) is 10.2 Å². The van der Waals surface area contributed by atoms with Gasteiger partial charge in [0.2, 0.25) is 0 Å². The lowest BCUT2D eigenvalue weighted by atomic mass is 10.2. The molecule has 0 aliphatic heterocycles. The fourth-order valence-corrected chi connectivity index (χ4v) is 1.60. The summed E-state index contributed by atoms with van der Waals surface area (Å²) in [7, 11) is 1.68. The van der Waals surface area contributed by atoms with E-state index in [1.807, 2.05) is 0 Å². The molecule has 2 rings (SSSR count). The quantitative estimate of drug-likeness (QED) is 0.853. The molecule has 6 heteroatoms. The Bertz CT molecular complexity index is 607. The van der Waals surface area contributed by atoms with Crippen molar-refractivity contribution >= 4 is 11.7 Å². The number of aromatic hydroxyl groups is 1. The SMILES string of the molecule is Cc1cc(NC(=O)c2ccc(O)cc2F)n(C)n1. The molecular weight excluding hydrogens is 237 g/mol. The van der Waals surface area contributed by atoms with Gasteiger partial charge in [0, 0.05) is 19.2 Å². The Hall–Kier alpha value is -2.37. The molecule has 0 unspecified atom stereocenters. The Morgan fingerprint density at radius 2 is 2.17 bits per heavy atom. The van der Waals surface area contributed by atoms with Crippen molar-refractivity contribution < 1.29 is 14.3 Å². The summed E-state index contributed by atoms with van der Waals surface area (Å²) >= 11 is 0. The number of nitrogens with zero attached hydrogens (tertiary/aromatic N) is 2. The molecule has 0 aliphatic carbocycles. The van der Waals surface area contributed by atoms with E-state index in [-0.39, 0.29) is 11.3 Å². The van der Waals surface area contributed by atoms with E-state index in [4.69, 9.17) is 5.11 Å². The zero-order valence-corrected chi connectivity index (χ0v) is 9.94. The molecule has 2 N–H and O–H groups in total. The lowest BCUT2D eigenvalue weighted by Crippen LogP contribution is -2.15. The number of rotatable bonds is 2. The standard InChI is InChI=1S/C12H12FN3O2/c1-7-5-11(16(2)15-7)14-12(18)9-4-3-8(17)6-10(9)13/h3-6,17H,1-2H3,(H,14,18). The van der Waals surface area contributed by atoms with Gasteiger partial charge >= 0.3 is 0 Å². The monoisotopic (exact) mass is 249 g/mol. The first kappa shape index (κ1) is 12.1. The fraction of sp³-hybridized carbons (Fsp3) is 0.167. The van der Waals surface area contributed by atoms with Gasteiger partial charge in [0.05, 0.1) is 11.3 Å². The van der Waals surface area contributed by atoms with E-state index in [9.17, 15) is 9.18 Å². The summed E-state index contributed by atoms with van der Waals surface area (Å²) in [6.45, 7) is 1.79. The Kier molecular flexibility index (Phi) is 3.01. The van der Waals surface area contributed by atoms with Crippen molar-refractivity contribution in [1.82, 2.24) is 9.78 Å². The van der Waals surface area contributed by atoms with Gasteiger partial charge in [-0.3, -0.25) is 9.48 Å². The number of phenols is 1. The van der Waals surface area contributed by atoms with E-state index in [1.165, 1.54) is 16.8 Å². The van der Waals surface area contributed by atoms with Gasteiger partial charge < -0.3 is 10.4 Å². The minimum atomic E-state index is -0.772. The highest BCUT2D eigenvalue weighted by molar-refractivity contribution is 6.04. The summed E-state index contributed by atoms with van der Waals surface area (Å²) in [5.41, 5.74) is 0.616. The molecule has 0 atom stereocenters. The van der Waals surface area contributed by atoms with E-state index in [0.29, 0.717) is 5.82 Å². The minimum absolute atomic E-state index is 0.133. The van der Waals surface area contributed by atoms with Gasteiger partial charge in [0.15, 0.2) is 0 Å². The van der Waals surface area contributed by atoms with E-state index in [2.05, 4.69) is 10.4 Å². The lowest BCUT2D eigenvalue weighted by molar-refractivity contribution is 0.102. The van der Waals surface area contributed by atoms with Crippen molar-refractivity contribution in [1.29, 1.82) is 0 Å². The van der Waals surface area contributed by atoms with Gasteiger partial charge in [-0.05, 0) is 19.1 Å². The molecule has 2 aromatic rings. The largest absolute Gasteiger partial charge is 0.508 e. The van der Waals surface area contributed by atoms with E-state index >= 15 is 0 Å². The molecule has 0 spiro atoms. The van der Waals surface area contributed by atoms with Gasteiger partial charge in [0.25, 0.3) is 5.91 Å². The summed E-state index contributed by atoms with van der Waals surface area (Å²) in [5.74, 6) is -1.10. The predicted molar refractivity (Wildman–Crippen MR) is 64.0 cm³/mol. The van der Waals surface area contributed by atoms with Crippen molar-refractivity contribution in [2.45, 2.75) is 6.92 Å². The van der Waals surface area contributed by atoms with Crippen LogP contribution in [0.3, 0.4) is 0 Å². The number of carbonyl (C=O) groups is 1. The molecule has 0 saturated carbocycles. The zero-order chi connectivity index (χ0) is 13.3. The van der Waals surface area contributed by atoms with E-state index < -0.39 is 11.7 Å². The van der Waals surface area contributed by atoms with E-state index in [0.717, 1.165) is 11.8 Å². The number of nitrogens with one attached hydrogen (secondary N) is 1. The van der Waals surface area contributed by atoms with Gasteiger partial charge in [-0.1, -0.05) is 0 Å². The van der Waals surface area contributed by atoms with Crippen LogP contribution < -0.4 is 5.32 Å². The third-order valence-corrected chi connectivity index (χ3v) is 2.44. The number of carbonyl (C=O) groups excluding carboxylic acids is 1. The Morgan fingerprint density at radius 3 is 2.72 bits per heavy atom. The van der Waals surface area contributed by atoms with Gasteiger partial charge in [-0.2, -0.15) is 5.10 Å². The summed E-state index contributed by atoms with van der Waals surface area (Å²) < 4.78 is 15.0. The molecule has 0 aliphatic rings. The van der Waals surface area contributed by atoms with Crippen LogP contribution in [0.5, 0.6) is 5.75 Å². The highest BCUT2D eigenvalue weighted by atomic mass is 19.1. The zero-order valence-electron chi connectivity index (χ0n) is 9.94. The van der Waals surface area contributed by atoms with Crippen LogP contribution >= 0.6 is 0 Å². The number of hydrogen-bond donors (Lipinski definition) is 2. The maximum Gasteiger partial charge on any atom is 0.259 e. The van der Waals surface area contributed by atoms with Crippen molar-refractivity contribution in [3.8, 4) is 5.75 Å². The van der Waals surface area contributed by atoms with Crippen molar-refractivity contribution in [2.24, 2.45) is 7.05 Å². The third-order valence-electron chi connectivity index (χ3n) is 2.44. The molecule has 0 fully saturated rings. The van der Waals surface area contributed by atoms with Crippen LogP contribution in [0.1, 0.15) is 16.1 Å². The molecule has 1 aromatic carbocycles. The fourth-order valence-electron chi connectivity index (χ4n) is 1.60. The number of phenolic OH excluding ortho intramolecular Hbond substituents is 1. The average molecular weight is 249 g/mol. The highest BCUT2D eigenvalue weighted by Gasteiger charge is 2.14. The maximum atomic E-state index is 13.5. The van der Waals surface area contributed by atoms with Crippen molar-refractivity contribution in [2.75, 3.05) is 5.32 Å². The normalized spacial score (nSPS) is 10.4. The number of aromatic nitrogens is 2. The smallest absolute Gasteiger partial charge is 0.259 e. The second-order valence-electron chi connectivity index (χ2n) is 3.91. The topological polar surface area (TPSA) is 67.2 Å². The number of benzene rings is 1. The van der Waals surface area contributed by atoms with Gasteiger partial charge in [0.1, 0.15) is 17.4 Å². The number of anilines is 1. The number of aryl methyl sites for hydroxylation is 2. The second kappa shape index (κ2) is 4.48. The molecule has 1 amide bonds. The average Bonchev–Trinajstić information content (AvgIpc) is 2.57. The summed E-state index contributed by atoms with van der Waals surface area (Å²) in [4.78, 5) is 11.8. The first-order valence-corrected chi connectivity index (χ1v) is 5.28. The molecule has 18 heavy (non-hydrogen) atoms. The first-order valence-electron chi connectivity index (χ1n) is 5.28. The highest BCUT2D eigenvalue weighted by Crippen LogP contribution is 2.17. The maximum absolute atomic E-state index is 13.5. The molecule has 0 bridgehead atoms. The minimum Gasteiger partial charge on any atom is -0.508 e. The lowest BCUT2D eigenvalue weighted by Gasteiger charge is -2.06. The van der Waals surface area contributed by atoms with Crippen LogP contribution in [0.25, 0.3) is 0 Å². The van der Waals surface area contributed by atoms with Crippen molar-refractivity contribution in [3.63, 3.8) is 0 Å². The summed E-state index contributed by atoms with van der Waals surface area (Å²) in [6.07, 6.45) is 0. The van der Waals surface area contributed by atoms with Crippen LogP contribution in [-0.4, -0.2) is 20.8 Å². The number of halogens is 1. The van der Waals surface area contributed by atoms with Gasteiger partial charge in [-0.25, -0.2) is 4.39 Å². The Balaban J connectivity index is 2.24. The second-order valence-corrected chi connectivity index (χ2v) is 3.91. The van der Waals surface area contributed by atoms with Crippen LogP contribution in [-0.2, 0) is 7.05 Å². The van der Waals surface area contributed by atoms with E-state index in [1.54, 1.807) is 20.0 Å². The predicted octanol–water partition coefficient (Wildman–Crippen LogP) is 1.83. The first-order chi connectivity index (χ1) is 8.47. The molecule has 94 valence electrons. The van der Waals surface area contributed by atoms with Crippen LogP contribution in [0, 0.1) is 12.7 Å². The third kappa shape index (κ3) is 2.32. The number of hydrogen-bond acceptors (Lipinski definition) is 3. The molecular formula is C12H12FN3O2. The van der Waals surface area contributed by atoms with Crippen LogP contribution in [0.15, 0.2) is 24.3 Å². The molecule has 0 saturated heterocycles. The number of amides is 1.